The van der Waals surface area contributed by atoms with Crippen LogP contribution in [0.5, 0.6) is 11.5 Å². The number of pyridine rings is 1. The summed E-state index contributed by atoms with van der Waals surface area (Å²) >= 11 is 6.56. The van der Waals surface area contributed by atoms with Crippen molar-refractivity contribution in [1.82, 2.24) is 15.2 Å². The zero-order valence-electron chi connectivity index (χ0n) is 23.0. The van der Waals surface area contributed by atoms with E-state index in [0.717, 1.165) is 49.1 Å². The lowest BCUT2D eigenvalue weighted by Gasteiger charge is -2.39. The van der Waals surface area contributed by atoms with Gasteiger partial charge in [0.1, 0.15) is 12.7 Å². The molecular weight excluding hydrogens is 518 g/mol. The molecule has 39 heavy (non-hydrogen) atoms. The minimum Gasteiger partial charge on any atom is -0.484 e. The van der Waals surface area contributed by atoms with E-state index in [9.17, 15) is 9.59 Å². The second-order valence-electron chi connectivity index (χ2n) is 11.9. The molecule has 3 aliphatic heterocycles. The van der Waals surface area contributed by atoms with Gasteiger partial charge in [0.05, 0.1) is 18.2 Å². The summed E-state index contributed by atoms with van der Waals surface area (Å²) in [7, 11) is 0. The number of nitrogens with one attached hydrogen (secondary N) is 2. The summed E-state index contributed by atoms with van der Waals surface area (Å²) in [5, 5.41) is 3.24. The summed E-state index contributed by atoms with van der Waals surface area (Å²) in [4.78, 5) is 31.1. The maximum absolute atomic E-state index is 13.2. The number of likely N-dealkylation sites (tertiary alicyclic amines) is 1. The minimum absolute atomic E-state index is 0.0633. The number of halogens is 1. The van der Waals surface area contributed by atoms with Crippen LogP contribution in [0.25, 0.3) is 0 Å². The molecule has 1 aromatic carbocycles. The Morgan fingerprint density at radius 1 is 1.03 bits per heavy atom. The van der Waals surface area contributed by atoms with Crippen LogP contribution in [-0.2, 0) is 11.3 Å². The maximum atomic E-state index is 13.2. The van der Waals surface area contributed by atoms with Gasteiger partial charge in [0.15, 0.2) is 11.5 Å². The SMILES string of the molecule is Cc1cc(C)c(CNC(=O)c2cc(Cl)c3c(c2C)O[C@@H]([C@H]2CC[C@@H](N4CC5COCC5C4)CC2)CO3)c(=O)[nH]1. The average Bonchev–Trinajstić information content (AvgIpc) is 3.53. The van der Waals surface area contributed by atoms with Crippen LogP contribution in [0.3, 0.4) is 0 Å². The number of aromatic amines is 1. The number of nitrogens with zero attached hydrogens (tertiary/aromatic N) is 1. The topological polar surface area (TPSA) is 92.9 Å². The van der Waals surface area contributed by atoms with E-state index in [1.54, 1.807) is 6.07 Å². The molecule has 0 spiro atoms. The largest absolute Gasteiger partial charge is 0.484 e. The second-order valence-corrected chi connectivity index (χ2v) is 12.3. The highest BCUT2D eigenvalue weighted by Gasteiger charge is 2.42. The van der Waals surface area contributed by atoms with Crippen molar-refractivity contribution in [1.29, 1.82) is 0 Å². The van der Waals surface area contributed by atoms with Crippen LogP contribution in [0.15, 0.2) is 16.9 Å². The van der Waals surface area contributed by atoms with E-state index in [-0.39, 0.29) is 24.1 Å². The predicted octanol–water partition coefficient (Wildman–Crippen LogP) is 4.16. The van der Waals surface area contributed by atoms with Crippen LogP contribution in [0, 0.1) is 38.5 Å². The lowest BCUT2D eigenvalue weighted by Crippen LogP contribution is -2.43. The number of rotatable bonds is 5. The number of amides is 1. The van der Waals surface area contributed by atoms with E-state index in [4.69, 9.17) is 25.8 Å². The van der Waals surface area contributed by atoms with Crippen LogP contribution < -0.4 is 20.3 Å². The van der Waals surface area contributed by atoms with Crippen molar-refractivity contribution in [3.63, 3.8) is 0 Å². The Morgan fingerprint density at radius 3 is 2.44 bits per heavy atom. The summed E-state index contributed by atoms with van der Waals surface area (Å²) in [6.07, 6.45) is 4.50. The molecule has 1 amide bonds. The predicted molar refractivity (Wildman–Crippen MR) is 149 cm³/mol. The fraction of sp³-hybridized carbons (Fsp3) is 0.600. The second kappa shape index (κ2) is 10.8. The van der Waals surface area contributed by atoms with Crippen molar-refractivity contribution >= 4 is 17.5 Å². The van der Waals surface area contributed by atoms with Crippen molar-refractivity contribution in [3.05, 3.63) is 55.5 Å². The summed E-state index contributed by atoms with van der Waals surface area (Å²) in [5.74, 6) is 2.61. The van der Waals surface area contributed by atoms with Crippen molar-refractivity contribution in [2.75, 3.05) is 32.9 Å². The number of H-pyrrole nitrogens is 1. The molecule has 6 rings (SSSR count). The molecule has 2 saturated heterocycles. The number of benzene rings is 1. The van der Waals surface area contributed by atoms with Gasteiger partial charge in [-0.25, -0.2) is 0 Å². The number of ether oxygens (including phenoxy) is 3. The molecule has 3 atom stereocenters. The van der Waals surface area contributed by atoms with Crippen molar-refractivity contribution in [3.8, 4) is 11.5 Å². The number of aryl methyl sites for hydroxylation is 2. The Morgan fingerprint density at radius 2 is 1.74 bits per heavy atom. The summed E-state index contributed by atoms with van der Waals surface area (Å²) in [5.41, 5.74) is 3.11. The molecule has 2 unspecified atom stereocenters. The number of carbonyl (C=O) groups excluding carboxylic acids is 1. The molecule has 0 radical (unpaired) electrons. The highest BCUT2D eigenvalue weighted by atomic mass is 35.5. The van der Waals surface area contributed by atoms with Gasteiger partial charge in [-0.15, -0.1) is 0 Å². The standard InChI is InChI=1S/C30H38ClN3O5/c1-16-8-17(2)33-30(36)24(16)10-32-29(35)23-9-25(31)28-27(18(23)3)39-26(15-38-28)19-4-6-22(7-5-19)34-11-20-13-37-14-21(20)12-34/h8-9,19-22,26H,4-7,10-15H2,1-3H3,(H,32,35)(H,33,36)/t19-,20?,21?,22+,26-/m1/s1. The first-order chi connectivity index (χ1) is 18.8. The Labute approximate surface area is 234 Å². The third-order valence-electron chi connectivity index (χ3n) is 9.32. The Bertz CT molecular complexity index is 1310. The van der Waals surface area contributed by atoms with Crippen LogP contribution in [0.4, 0.5) is 0 Å². The van der Waals surface area contributed by atoms with Crippen molar-refractivity contribution in [2.24, 2.45) is 17.8 Å². The molecule has 2 N–H and O–H groups in total. The highest BCUT2D eigenvalue weighted by molar-refractivity contribution is 6.32. The lowest BCUT2D eigenvalue weighted by molar-refractivity contribution is 0.0199. The van der Waals surface area contributed by atoms with E-state index in [1.807, 2.05) is 26.8 Å². The van der Waals surface area contributed by atoms with Crippen molar-refractivity contribution < 1.29 is 19.0 Å². The van der Waals surface area contributed by atoms with Gasteiger partial charge >= 0.3 is 0 Å². The molecule has 3 fully saturated rings. The molecule has 1 aromatic heterocycles. The maximum Gasteiger partial charge on any atom is 0.253 e. The van der Waals surface area contributed by atoms with Crippen LogP contribution >= 0.6 is 11.6 Å². The zero-order chi connectivity index (χ0) is 27.3. The molecule has 9 heteroatoms. The molecular formula is C30H38ClN3O5. The molecule has 4 heterocycles. The highest BCUT2D eigenvalue weighted by Crippen LogP contribution is 2.45. The minimum atomic E-state index is -0.302. The number of carbonyl (C=O) groups is 1. The van der Waals surface area contributed by atoms with Crippen LogP contribution in [-0.4, -0.2) is 60.8 Å². The zero-order valence-corrected chi connectivity index (χ0v) is 23.7. The lowest BCUT2D eigenvalue weighted by atomic mass is 9.82. The smallest absolute Gasteiger partial charge is 0.253 e. The van der Waals surface area contributed by atoms with Gasteiger partial charge < -0.3 is 24.5 Å². The van der Waals surface area contributed by atoms with Gasteiger partial charge in [-0.05, 0) is 70.1 Å². The Hall–Kier alpha value is -2.55. The fourth-order valence-corrected chi connectivity index (χ4v) is 7.27. The molecule has 8 nitrogen and oxygen atoms in total. The summed E-state index contributed by atoms with van der Waals surface area (Å²) < 4.78 is 18.3. The van der Waals surface area contributed by atoms with E-state index in [2.05, 4.69) is 15.2 Å². The third kappa shape index (κ3) is 5.19. The number of hydrogen-bond donors (Lipinski definition) is 2. The first kappa shape index (κ1) is 26.7. The fourth-order valence-electron chi connectivity index (χ4n) is 7.02. The number of aromatic nitrogens is 1. The van der Waals surface area contributed by atoms with Crippen LogP contribution in [0.2, 0.25) is 5.02 Å². The molecule has 210 valence electrons. The summed E-state index contributed by atoms with van der Waals surface area (Å²) in [6.45, 7) is 10.4. The van der Waals surface area contributed by atoms with Gasteiger partial charge in [-0.1, -0.05) is 11.6 Å². The van der Waals surface area contributed by atoms with Gasteiger partial charge in [-0.2, -0.15) is 0 Å². The Balaban J connectivity index is 1.11. The quantitative estimate of drug-likeness (QED) is 0.575. The first-order valence-electron chi connectivity index (χ1n) is 14.2. The van der Waals surface area contributed by atoms with E-state index < -0.39 is 0 Å². The monoisotopic (exact) mass is 555 g/mol. The van der Waals surface area contributed by atoms with Crippen molar-refractivity contribution in [2.45, 2.75) is 65.1 Å². The van der Waals surface area contributed by atoms with Gasteiger partial charge in [0.25, 0.3) is 11.5 Å². The Kier molecular flexibility index (Phi) is 7.37. The molecule has 1 aliphatic carbocycles. The van der Waals surface area contributed by atoms with Crippen LogP contribution in [0.1, 0.15) is 58.4 Å². The van der Waals surface area contributed by atoms with Gasteiger partial charge in [-0.3, -0.25) is 14.5 Å². The molecule has 0 bridgehead atoms. The number of hydrogen-bond acceptors (Lipinski definition) is 6. The normalized spacial score (nSPS) is 28.4. The van der Waals surface area contributed by atoms with E-state index >= 15 is 0 Å². The van der Waals surface area contributed by atoms with E-state index in [1.165, 1.54) is 25.9 Å². The summed E-state index contributed by atoms with van der Waals surface area (Å²) in [6, 6.07) is 4.18. The first-order valence-corrected chi connectivity index (χ1v) is 14.6. The molecule has 2 aromatic rings. The molecule has 4 aliphatic rings. The van der Waals surface area contributed by atoms with Gasteiger partial charge in [0.2, 0.25) is 0 Å². The molecule has 1 saturated carbocycles. The third-order valence-corrected chi connectivity index (χ3v) is 9.60. The van der Waals surface area contributed by atoms with Gasteiger partial charge in [0, 0.05) is 59.9 Å². The van der Waals surface area contributed by atoms with E-state index in [0.29, 0.717) is 51.8 Å². The number of fused-ring (bicyclic) bond motifs is 2. The average molecular weight is 556 g/mol.